The van der Waals surface area contributed by atoms with E-state index >= 15 is 0 Å². The molecule has 1 aromatic heterocycles. The number of aliphatic hydroxyl groups excluding tert-OH is 1. The molecular weight excluding hydrogens is 276 g/mol. The number of pyridine rings is 1. The first-order valence-corrected chi connectivity index (χ1v) is 7.83. The van der Waals surface area contributed by atoms with Crippen LogP contribution in [0.3, 0.4) is 0 Å². The van der Waals surface area contributed by atoms with Gasteiger partial charge in [-0.05, 0) is 12.0 Å². The number of rotatable bonds is 5. The van der Waals surface area contributed by atoms with E-state index in [0.29, 0.717) is 18.5 Å². The molecule has 110 valence electrons. The fourth-order valence-electron chi connectivity index (χ4n) is 1.64. The van der Waals surface area contributed by atoms with Crippen LogP contribution in [0, 0.1) is 17.8 Å². The largest absolute Gasteiger partial charge is 0.395 e. The van der Waals surface area contributed by atoms with Crippen molar-refractivity contribution in [3.63, 3.8) is 0 Å². The van der Waals surface area contributed by atoms with Crippen molar-refractivity contribution < 1.29 is 13.5 Å². The Kier molecular flexibility index (Phi) is 6.14. The monoisotopic (exact) mass is 296 g/mol. The van der Waals surface area contributed by atoms with Gasteiger partial charge < -0.3 is 5.11 Å². The maximum atomic E-state index is 12.3. The number of sulfonamides is 1. The molecule has 0 aliphatic rings. The predicted octanol–water partition coefficient (Wildman–Crippen LogP) is 1.09. The van der Waals surface area contributed by atoms with Crippen molar-refractivity contribution in [1.82, 2.24) is 9.29 Å². The van der Waals surface area contributed by atoms with Crippen LogP contribution in [-0.2, 0) is 10.0 Å². The highest BCUT2D eigenvalue weighted by molar-refractivity contribution is 7.89. The Morgan fingerprint density at radius 1 is 1.40 bits per heavy atom. The third-order valence-corrected chi connectivity index (χ3v) is 4.30. The average molecular weight is 296 g/mol. The standard InChI is InChI=1S/C14H20N2O3S/c1-12(2)11-16(3)20(18,19)14-8-13(9-15-10-14)6-4-5-7-17/h8-10,12,17H,5,7,11H2,1-3H3. The van der Waals surface area contributed by atoms with Gasteiger partial charge in [0.25, 0.3) is 0 Å². The Labute approximate surface area is 120 Å². The third kappa shape index (κ3) is 4.60. The number of hydrogen-bond donors (Lipinski definition) is 1. The van der Waals surface area contributed by atoms with Gasteiger partial charge in [0.2, 0.25) is 10.0 Å². The zero-order valence-corrected chi connectivity index (χ0v) is 12.8. The van der Waals surface area contributed by atoms with Crippen LogP contribution in [0.1, 0.15) is 25.8 Å². The predicted molar refractivity (Wildman–Crippen MR) is 77.5 cm³/mol. The lowest BCUT2D eigenvalue weighted by Gasteiger charge is -2.18. The molecule has 0 bridgehead atoms. The fourth-order valence-corrected chi connectivity index (χ4v) is 2.97. The van der Waals surface area contributed by atoms with Crippen LogP contribution >= 0.6 is 0 Å². The van der Waals surface area contributed by atoms with Gasteiger partial charge in [0.05, 0.1) is 6.61 Å². The quantitative estimate of drug-likeness (QED) is 0.826. The highest BCUT2D eigenvalue weighted by Gasteiger charge is 2.21. The Hall–Kier alpha value is -1.42. The summed E-state index contributed by atoms with van der Waals surface area (Å²) in [5.74, 6) is 5.77. The minimum absolute atomic E-state index is 0.0183. The van der Waals surface area contributed by atoms with Crippen molar-refractivity contribution in [2.45, 2.75) is 25.2 Å². The summed E-state index contributed by atoms with van der Waals surface area (Å²) < 4.78 is 26.0. The third-order valence-electron chi connectivity index (χ3n) is 2.51. The first kappa shape index (κ1) is 16.6. The second kappa shape index (κ2) is 7.39. The maximum absolute atomic E-state index is 12.3. The summed E-state index contributed by atoms with van der Waals surface area (Å²) in [7, 11) is -1.98. The van der Waals surface area contributed by atoms with Gasteiger partial charge in [-0.3, -0.25) is 4.98 Å². The minimum Gasteiger partial charge on any atom is -0.395 e. The summed E-state index contributed by atoms with van der Waals surface area (Å²) in [6, 6.07) is 1.50. The molecule has 0 amide bonds. The lowest BCUT2D eigenvalue weighted by molar-refractivity contribution is 0.305. The molecule has 1 rings (SSSR count). The van der Waals surface area contributed by atoms with E-state index in [1.54, 1.807) is 7.05 Å². The Morgan fingerprint density at radius 2 is 2.10 bits per heavy atom. The van der Waals surface area contributed by atoms with Crippen molar-refractivity contribution in [3.8, 4) is 11.8 Å². The van der Waals surface area contributed by atoms with E-state index in [1.807, 2.05) is 13.8 Å². The first-order chi connectivity index (χ1) is 9.37. The van der Waals surface area contributed by atoms with Crippen molar-refractivity contribution in [2.24, 2.45) is 5.92 Å². The molecule has 1 heterocycles. The number of aliphatic hydroxyl groups is 1. The van der Waals surface area contributed by atoms with Crippen LogP contribution in [0.25, 0.3) is 0 Å². The summed E-state index contributed by atoms with van der Waals surface area (Å²) in [6.45, 7) is 4.35. The van der Waals surface area contributed by atoms with Gasteiger partial charge in [0.1, 0.15) is 4.90 Å². The summed E-state index contributed by atoms with van der Waals surface area (Å²) in [4.78, 5) is 4.06. The second-order valence-electron chi connectivity index (χ2n) is 4.86. The molecule has 0 aromatic carbocycles. The van der Waals surface area contributed by atoms with Crippen molar-refractivity contribution >= 4 is 10.0 Å². The van der Waals surface area contributed by atoms with Gasteiger partial charge >= 0.3 is 0 Å². The molecule has 0 spiro atoms. The Bertz CT molecular complexity index is 600. The van der Waals surface area contributed by atoms with Gasteiger partial charge in [-0.1, -0.05) is 25.7 Å². The molecule has 1 N–H and O–H groups in total. The zero-order chi connectivity index (χ0) is 15.2. The molecule has 0 radical (unpaired) electrons. The Morgan fingerprint density at radius 3 is 2.70 bits per heavy atom. The van der Waals surface area contributed by atoms with Gasteiger partial charge in [-0.15, -0.1) is 0 Å². The van der Waals surface area contributed by atoms with Crippen LogP contribution in [0.2, 0.25) is 0 Å². The number of aromatic nitrogens is 1. The lowest BCUT2D eigenvalue weighted by Crippen LogP contribution is -2.30. The van der Waals surface area contributed by atoms with Crippen molar-refractivity contribution in [3.05, 3.63) is 24.0 Å². The van der Waals surface area contributed by atoms with Crippen LogP contribution in [0.15, 0.2) is 23.4 Å². The lowest BCUT2D eigenvalue weighted by atomic mass is 10.2. The zero-order valence-electron chi connectivity index (χ0n) is 12.0. The van der Waals surface area contributed by atoms with E-state index < -0.39 is 10.0 Å². The maximum Gasteiger partial charge on any atom is 0.244 e. The molecule has 20 heavy (non-hydrogen) atoms. The fraction of sp³-hybridized carbons (Fsp3) is 0.500. The highest BCUT2D eigenvalue weighted by Crippen LogP contribution is 2.15. The normalized spacial score (nSPS) is 11.5. The number of hydrogen-bond acceptors (Lipinski definition) is 4. The van der Waals surface area contributed by atoms with Gasteiger partial charge in [0.15, 0.2) is 0 Å². The van der Waals surface area contributed by atoms with E-state index in [9.17, 15) is 8.42 Å². The summed E-state index contributed by atoms with van der Waals surface area (Å²) in [5.41, 5.74) is 0.525. The molecule has 0 unspecified atom stereocenters. The minimum atomic E-state index is -3.53. The van der Waals surface area contributed by atoms with Gasteiger partial charge in [-0.2, -0.15) is 0 Å². The molecule has 0 aliphatic carbocycles. The van der Waals surface area contributed by atoms with Crippen LogP contribution < -0.4 is 0 Å². The molecule has 1 aromatic rings. The summed E-state index contributed by atoms with van der Waals surface area (Å²) in [6.07, 6.45) is 3.18. The van der Waals surface area contributed by atoms with Crippen LogP contribution in [0.4, 0.5) is 0 Å². The van der Waals surface area contributed by atoms with Gasteiger partial charge in [0, 0.05) is 38.0 Å². The summed E-state index contributed by atoms with van der Waals surface area (Å²) >= 11 is 0. The highest BCUT2D eigenvalue weighted by atomic mass is 32.2. The molecule has 0 aliphatic heterocycles. The molecular formula is C14H20N2O3S. The van der Waals surface area contributed by atoms with Crippen molar-refractivity contribution in [2.75, 3.05) is 20.2 Å². The van der Waals surface area contributed by atoms with Crippen molar-refractivity contribution in [1.29, 1.82) is 0 Å². The van der Waals surface area contributed by atoms with E-state index in [0.717, 1.165) is 0 Å². The van der Waals surface area contributed by atoms with E-state index in [-0.39, 0.29) is 17.4 Å². The second-order valence-corrected chi connectivity index (χ2v) is 6.91. The smallest absolute Gasteiger partial charge is 0.244 e. The van der Waals surface area contributed by atoms with Crippen LogP contribution in [-0.4, -0.2) is 43.0 Å². The Balaban J connectivity index is 3.02. The van der Waals surface area contributed by atoms with Gasteiger partial charge in [-0.25, -0.2) is 12.7 Å². The molecule has 0 atom stereocenters. The summed E-state index contributed by atoms with van der Waals surface area (Å²) in [5, 5.41) is 8.66. The van der Waals surface area contributed by atoms with E-state index in [4.69, 9.17) is 5.11 Å². The van der Waals surface area contributed by atoms with Crippen LogP contribution in [0.5, 0.6) is 0 Å². The first-order valence-electron chi connectivity index (χ1n) is 6.39. The molecule has 0 saturated heterocycles. The topological polar surface area (TPSA) is 70.5 Å². The van der Waals surface area contributed by atoms with E-state index in [1.165, 1.54) is 22.8 Å². The average Bonchev–Trinajstić information content (AvgIpc) is 2.38. The number of nitrogens with zero attached hydrogens (tertiary/aromatic N) is 2. The molecule has 0 saturated carbocycles. The molecule has 6 heteroatoms. The molecule has 5 nitrogen and oxygen atoms in total. The van der Waals surface area contributed by atoms with E-state index in [2.05, 4.69) is 16.8 Å². The SMILES string of the molecule is CC(C)CN(C)S(=O)(=O)c1cncc(C#CCCO)c1. The molecule has 0 fully saturated rings.